The third-order valence-corrected chi connectivity index (χ3v) is 13.1. The second-order valence-electron chi connectivity index (χ2n) is 14.9. The molecule has 12 aromatic rings. The summed E-state index contributed by atoms with van der Waals surface area (Å²) in [4.78, 5) is 2.55. The van der Waals surface area contributed by atoms with Crippen LogP contribution in [0, 0.1) is 0 Å². The first-order valence-electron chi connectivity index (χ1n) is 19.2. The van der Waals surface area contributed by atoms with E-state index in [2.05, 4.69) is 202 Å². The van der Waals surface area contributed by atoms with Crippen molar-refractivity contribution in [3.8, 4) is 28.2 Å². The van der Waals surface area contributed by atoms with E-state index in [1.54, 1.807) is 0 Å². The molecule has 0 atom stereocenters. The number of fused-ring (bicyclic) bond motifs is 13. The van der Waals surface area contributed by atoms with Gasteiger partial charge in [-0.2, -0.15) is 0 Å². The lowest BCUT2D eigenvalue weighted by atomic mass is 10.0. The van der Waals surface area contributed by atoms with Crippen LogP contribution in [-0.4, -0.2) is 13.7 Å². The number of aromatic nitrogens is 3. The van der Waals surface area contributed by atoms with Crippen LogP contribution in [0.15, 0.2) is 198 Å². The van der Waals surface area contributed by atoms with Gasteiger partial charge in [0.2, 0.25) is 0 Å². The number of benzene rings is 9. The van der Waals surface area contributed by atoms with E-state index in [9.17, 15) is 0 Å². The molecule has 0 fully saturated rings. The monoisotopic (exact) mass is 729 g/mol. The number of rotatable bonds is 3. The summed E-state index contributed by atoms with van der Waals surface area (Å²) in [6.45, 7) is 0. The SMILES string of the molecule is c1ccc(-n2c3ccccc3c3c4cccc5c4n(c32)-c2ccc(-c3ccc4cc(-n6c7ccccc7c7c8ccccc8ccc76)ccc4c3)cc2S5)cc1. The summed E-state index contributed by atoms with van der Waals surface area (Å²) in [6, 6.07) is 69.3. The zero-order chi connectivity index (χ0) is 36.5. The van der Waals surface area contributed by atoms with Crippen molar-refractivity contribution < 1.29 is 0 Å². The van der Waals surface area contributed by atoms with Crippen molar-refractivity contribution in [2.75, 3.05) is 0 Å². The highest BCUT2D eigenvalue weighted by molar-refractivity contribution is 7.99. The van der Waals surface area contributed by atoms with E-state index in [1.165, 1.54) is 114 Å². The molecule has 56 heavy (non-hydrogen) atoms. The molecule has 3 aromatic heterocycles. The molecule has 13 rings (SSSR count). The Morgan fingerprint density at radius 2 is 1.00 bits per heavy atom. The minimum absolute atomic E-state index is 1.17. The summed E-state index contributed by atoms with van der Waals surface area (Å²) in [5.74, 6) is 0. The molecule has 9 aromatic carbocycles. The van der Waals surface area contributed by atoms with Crippen molar-refractivity contribution in [1.82, 2.24) is 13.7 Å². The summed E-state index contributed by atoms with van der Waals surface area (Å²) in [6.07, 6.45) is 0. The molecule has 0 unspecified atom stereocenters. The van der Waals surface area contributed by atoms with Gasteiger partial charge in [-0.1, -0.05) is 133 Å². The molecular weight excluding hydrogens is 699 g/mol. The minimum atomic E-state index is 1.17. The maximum atomic E-state index is 2.52. The molecule has 1 aliphatic rings. The molecule has 0 bridgehead atoms. The van der Waals surface area contributed by atoms with Crippen LogP contribution in [0.2, 0.25) is 0 Å². The highest BCUT2D eigenvalue weighted by Crippen LogP contribution is 2.50. The smallest absolute Gasteiger partial charge is 0.131 e. The molecule has 3 nitrogen and oxygen atoms in total. The molecule has 0 radical (unpaired) electrons. The molecule has 0 amide bonds. The Hall–Kier alpha value is -7.01. The minimum Gasteiger partial charge on any atom is -0.309 e. The molecule has 0 N–H and O–H groups in total. The van der Waals surface area contributed by atoms with E-state index >= 15 is 0 Å². The van der Waals surface area contributed by atoms with Gasteiger partial charge in [0.25, 0.3) is 0 Å². The topological polar surface area (TPSA) is 14.8 Å². The van der Waals surface area contributed by atoms with Crippen LogP contribution >= 0.6 is 11.8 Å². The number of hydrogen-bond donors (Lipinski definition) is 0. The second-order valence-corrected chi connectivity index (χ2v) is 16.0. The van der Waals surface area contributed by atoms with E-state index in [4.69, 9.17) is 0 Å². The van der Waals surface area contributed by atoms with Crippen molar-refractivity contribution in [1.29, 1.82) is 0 Å². The van der Waals surface area contributed by atoms with Crippen LogP contribution in [0.3, 0.4) is 0 Å². The molecule has 4 heteroatoms. The molecule has 1 aliphatic heterocycles. The average Bonchev–Trinajstić information content (AvgIpc) is 3.90. The summed E-state index contributed by atoms with van der Waals surface area (Å²) in [5, 5.41) is 11.5. The summed E-state index contributed by atoms with van der Waals surface area (Å²) >= 11 is 1.88. The lowest BCUT2D eigenvalue weighted by Gasteiger charge is -2.22. The van der Waals surface area contributed by atoms with Crippen molar-refractivity contribution in [3.05, 3.63) is 188 Å². The Kier molecular flexibility index (Phi) is 6.10. The van der Waals surface area contributed by atoms with Crippen molar-refractivity contribution in [2.24, 2.45) is 0 Å². The van der Waals surface area contributed by atoms with Crippen LogP contribution in [0.4, 0.5) is 0 Å². The van der Waals surface area contributed by atoms with Gasteiger partial charge in [0.1, 0.15) is 5.65 Å². The van der Waals surface area contributed by atoms with E-state index in [0.29, 0.717) is 0 Å². The fourth-order valence-corrected chi connectivity index (χ4v) is 10.7. The van der Waals surface area contributed by atoms with E-state index < -0.39 is 0 Å². The predicted octanol–water partition coefficient (Wildman–Crippen LogP) is 14.3. The Balaban J connectivity index is 0.955. The first-order valence-corrected chi connectivity index (χ1v) is 20.0. The molecule has 0 aliphatic carbocycles. The van der Waals surface area contributed by atoms with Gasteiger partial charge in [-0.25, -0.2) is 0 Å². The quantitative estimate of drug-likeness (QED) is 0.177. The van der Waals surface area contributed by atoms with Crippen LogP contribution in [0.5, 0.6) is 0 Å². The van der Waals surface area contributed by atoms with Crippen molar-refractivity contribution in [2.45, 2.75) is 9.79 Å². The lowest BCUT2D eigenvalue weighted by Crippen LogP contribution is -2.05. The highest BCUT2D eigenvalue weighted by Gasteiger charge is 2.28. The van der Waals surface area contributed by atoms with E-state index in [-0.39, 0.29) is 0 Å². The molecular formula is C52H31N3S. The first kappa shape index (κ1) is 30.3. The second kappa shape index (κ2) is 11.3. The summed E-state index contributed by atoms with van der Waals surface area (Å²) in [7, 11) is 0. The zero-order valence-corrected chi connectivity index (χ0v) is 31.0. The highest BCUT2D eigenvalue weighted by atomic mass is 32.2. The van der Waals surface area contributed by atoms with Crippen LogP contribution in [-0.2, 0) is 0 Å². The van der Waals surface area contributed by atoms with Crippen molar-refractivity contribution >= 4 is 88.0 Å². The van der Waals surface area contributed by atoms with E-state index in [0.717, 1.165) is 0 Å². The Labute approximate surface area is 326 Å². The van der Waals surface area contributed by atoms with Gasteiger partial charge in [-0.3, -0.25) is 9.13 Å². The van der Waals surface area contributed by atoms with Crippen LogP contribution in [0.25, 0.3) is 104 Å². The van der Waals surface area contributed by atoms with Gasteiger partial charge < -0.3 is 4.57 Å². The summed E-state index contributed by atoms with van der Waals surface area (Å²) in [5.41, 5.74) is 12.2. The van der Waals surface area contributed by atoms with Crippen LogP contribution in [0.1, 0.15) is 0 Å². The zero-order valence-electron chi connectivity index (χ0n) is 30.1. The fourth-order valence-electron chi connectivity index (χ4n) is 9.57. The maximum absolute atomic E-state index is 2.52. The standard InChI is InChI=1S/C52H31N3S/c1-2-12-37(13-3-1)54-44-19-9-7-16-41(44)50-42-17-10-20-47-51(42)55(52(50)54)45-27-25-36(31-48(45)56-47)33-21-22-35-30-38(26-23-34(35)29-33)53-43-18-8-6-15-40(43)49-39-14-5-4-11-32(39)24-28-46(49)53/h1-31H. The maximum Gasteiger partial charge on any atom is 0.131 e. The fraction of sp³-hybridized carbons (Fsp3) is 0. The van der Waals surface area contributed by atoms with Gasteiger partial charge >= 0.3 is 0 Å². The molecule has 4 heterocycles. The molecule has 0 spiro atoms. The van der Waals surface area contributed by atoms with Gasteiger partial charge in [0.15, 0.2) is 0 Å². The Morgan fingerprint density at radius 3 is 1.88 bits per heavy atom. The first-order chi connectivity index (χ1) is 27.8. The van der Waals surface area contributed by atoms with Gasteiger partial charge in [0, 0.05) is 48.1 Å². The largest absolute Gasteiger partial charge is 0.309 e. The normalized spacial score (nSPS) is 12.6. The van der Waals surface area contributed by atoms with Gasteiger partial charge in [-0.05, 0) is 99.4 Å². The third kappa shape index (κ3) is 4.08. The summed E-state index contributed by atoms with van der Waals surface area (Å²) < 4.78 is 7.39. The average molecular weight is 730 g/mol. The van der Waals surface area contributed by atoms with Gasteiger partial charge in [-0.15, -0.1) is 0 Å². The third-order valence-electron chi connectivity index (χ3n) is 12.0. The lowest BCUT2D eigenvalue weighted by molar-refractivity contribution is 1.03. The van der Waals surface area contributed by atoms with Crippen molar-refractivity contribution in [3.63, 3.8) is 0 Å². The number of nitrogens with zero attached hydrogens (tertiary/aromatic N) is 3. The Morgan fingerprint density at radius 1 is 0.339 bits per heavy atom. The van der Waals surface area contributed by atoms with Crippen LogP contribution < -0.4 is 0 Å². The molecule has 0 saturated carbocycles. The molecule has 260 valence electrons. The number of para-hydroxylation sites is 4. The molecule has 0 saturated heterocycles. The Bertz CT molecular complexity index is 3620. The predicted molar refractivity (Wildman–Crippen MR) is 237 cm³/mol. The van der Waals surface area contributed by atoms with Gasteiger partial charge in [0.05, 0.1) is 27.8 Å². The van der Waals surface area contributed by atoms with E-state index in [1.807, 2.05) is 11.8 Å². The number of hydrogen-bond acceptors (Lipinski definition) is 1.